The predicted molar refractivity (Wildman–Crippen MR) is 77.2 cm³/mol. The lowest BCUT2D eigenvalue weighted by atomic mass is 9.79. The largest absolute Gasteiger partial charge is 0.389 e. The Morgan fingerprint density at radius 3 is 2.42 bits per heavy atom. The molecule has 1 aliphatic carbocycles. The lowest BCUT2D eigenvalue weighted by Gasteiger charge is -2.35. The van der Waals surface area contributed by atoms with Gasteiger partial charge in [-0.25, -0.2) is 0 Å². The molecule has 1 unspecified atom stereocenters. The molecule has 0 radical (unpaired) electrons. The Bertz CT molecular complexity index is 255. The standard InChI is InChI=1S/C15H31NO3/c1-12-5-7-15(18,8-6-12)11-16-9-13(17)10-19-14(2,3)4/h12-13,16-18H,5-11H2,1-4H3. The van der Waals surface area contributed by atoms with Crippen LogP contribution in [-0.4, -0.2) is 47.2 Å². The lowest BCUT2D eigenvalue weighted by molar-refractivity contribution is -0.0510. The topological polar surface area (TPSA) is 61.7 Å². The molecule has 0 aliphatic heterocycles. The molecule has 0 bridgehead atoms. The third-order valence-electron chi connectivity index (χ3n) is 3.75. The van der Waals surface area contributed by atoms with E-state index in [4.69, 9.17) is 4.74 Å². The van der Waals surface area contributed by atoms with Gasteiger partial charge in [-0.05, 0) is 52.4 Å². The minimum Gasteiger partial charge on any atom is -0.389 e. The first kappa shape index (κ1) is 16.9. The summed E-state index contributed by atoms with van der Waals surface area (Å²) >= 11 is 0. The van der Waals surface area contributed by atoms with E-state index in [0.29, 0.717) is 19.7 Å². The van der Waals surface area contributed by atoms with E-state index in [1.807, 2.05) is 20.8 Å². The van der Waals surface area contributed by atoms with Crippen molar-refractivity contribution in [3.05, 3.63) is 0 Å². The summed E-state index contributed by atoms with van der Waals surface area (Å²) in [6.07, 6.45) is 3.37. The van der Waals surface area contributed by atoms with Gasteiger partial charge in [0.2, 0.25) is 0 Å². The Morgan fingerprint density at radius 1 is 1.32 bits per heavy atom. The molecule has 1 saturated carbocycles. The summed E-state index contributed by atoms with van der Waals surface area (Å²) in [6.45, 7) is 9.50. The van der Waals surface area contributed by atoms with Crippen LogP contribution in [0.1, 0.15) is 53.4 Å². The van der Waals surface area contributed by atoms with E-state index in [1.165, 1.54) is 0 Å². The Balaban J connectivity index is 2.15. The van der Waals surface area contributed by atoms with Crippen LogP contribution in [0, 0.1) is 5.92 Å². The number of rotatable bonds is 6. The van der Waals surface area contributed by atoms with E-state index in [-0.39, 0.29) is 5.60 Å². The predicted octanol–water partition coefficient (Wildman–Crippen LogP) is 1.69. The van der Waals surface area contributed by atoms with Crippen LogP contribution >= 0.6 is 0 Å². The zero-order chi connectivity index (χ0) is 14.5. The third-order valence-corrected chi connectivity index (χ3v) is 3.75. The molecule has 0 aromatic rings. The molecule has 0 aromatic heterocycles. The average Bonchev–Trinajstić information content (AvgIpc) is 2.30. The van der Waals surface area contributed by atoms with Crippen molar-refractivity contribution in [2.24, 2.45) is 5.92 Å². The van der Waals surface area contributed by atoms with Gasteiger partial charge in [-0.15, -0.1) is 0 Å². The number of ether oxygens (including phenoxy) is 1. The van der Waals surface area contributed by atoms with Crippen LogP contribution in [0.4, 0.5) is 0 Å². The molecule has 4 nitrogen and oxygen atoms in total. The number of aliphatic hydroxyl groups excluding tert-OH is 1. The van der Waals surface area contributed by atoms with E-state index in [9.17, 15) is 10.2 Å². The summed E-state index contributed by atoms with van der Waals surface area (Å²) in [5, 5.41) is 23.4. The molecule has 0 spiro atoms. The van der Waals surface area contributed by atoms with Gasteiger partial charge >= 0.3 is 0 Å². The fraction of sp³-hybridized carbons (Fsp3) is 1.00. The molecule has 0 amide bonds. The lowest BCUT2D eigenvalue weighted by Crippen LogP contribution is -2.45. The highest BCUT2D eigenvalue weighted by Gasteiger charge is 2.31. The first-order valence-electron chi connectivity index (χ1n) is 7.45. The Labute approximate surface area is 117 Å². The van der Waals surface area contributed by atoms with Crippen molar-refractivity contribution < 1.29 is 14.9 Å². The summed E-state index contributed by atoms with van der Waals surface area (Å²) in [5.74, 6) is 0.728. The van der Waals surface area contributed by atoms with E-state index in [2.05, 4.69) is 12.2 Å². The molecule has 1 atom stereocenters. The SMILES string of the molecule is CC1CCC(O)(CNCC(O)COC(C)(C)C)CC1. The second-order valence-corrected chi connectivity index (χ2v) is 7.11. The van der Waals surface area contributed by atoms with Crippen molar-refractivity contribution in [2.45, 2.75) is 70.7 Å². The van der Waals surface area contributed by atoms with Crippen LogP contribution in [0.3, 0.4) is 0 Å². The Morgan fingerprint density at radius 2 is 1.89 bits per heavy atom. The minimum absolute atomic E-state index is 0.224. The second-order valence-electron chi connectivity index (χ2n) is 7.11. The molecule has 0 heterocycles. The average molecular weight is 273 g/mol. The second kappa shape index (κ2) is 7.02. The molecule has 1 fully saturated rings. The third kappa shape index (κ3) is 7.25. The molecule has 3 N–H and O–H groups in total. The summed E-state index contributed by atoms with van der Waals surface area (Å²) in [7, 11) is 0. The van der Waals surface area contributed by atoms with Crippen LogP contribution in [-0.2, 0) is 4.74 Å². The highest BCUT2D eigenvalue weighted by molar-refractivity contribution is 4.86. The number of hydrogen-bond acceptors (Lipinski definition) is 4. The first-order chi connectivity index (χ1) is 8.70. The van der Waals surface area contributed by atoms with Crippen molar-refractivity contribution in [1.29, 1.82) is 0 Å². The summed E-state index contributed by atoms with van der Waals surface area (Å²) < 4.78 is 5.52. The maximum absolute atomic E-state index is 10.4. The smallest absolute Gasteiger partial charge is 0.0897 e. The van der Waals surface area contributed by atoms with Gasteiger partial charge in [0.15, 0.2) is 0 Å². The van der Waals surface area contributed by atoms with E-state index < -0.39 is 11.7 Å². The maximum Gasteiger partial charge on any atom is 0.0897 e. The monoisotopic (exact) mass is 273 g/mol. The minimum atomic E-state index is -0.586. The molecule has 4 heteroatoms. The van der Waals surface area contributed by atoms with Gasteiger partial charge < -0.3 is 20.3 Å². The quantitative estimate of drug-likeness (QED) is 0.689. The van der Waals surface area contributed by atoms with E-state index in [1.54, 1.807) is 0 Å². The zero-order valence-corrected chi connectivity index (χ0v) is 12.9. The Kier molecular flexibility index (Phi) is 6.24. The highest BCUT2D eigenvalue weighted by atomic mass is 16.5. The summed E-state index contributed by atoms with van der Waals surface area (Å²) in [4.78, 5) is 0. The molecule has 1 rings (SSSR count). The van der Waals surface area contributed by atoms with Gasteiger partial charge in [-0.1, -0.05) is 6.92 Å². The maximum atomic E-state index is 10.4. The van der Waals surface area contributed by atoms with Crippen molar-refractivity contribution in [3.63, 3.8) is 0 Å². The van der Waals surface area contributed by atoms with Crippen LogP contribution < -0.4 is 5.32 Å². The van der Waals surface area contributed by atoms with Gasteiger partial charge in [0.05, 0.1) is 23.9 Å². The molecule has 1 aliphatic rings. The van der Waals surface area contributed by atoms with Crippen molar-refractivity contribution in [1.82, 2.24) is 5.32 Å². The van der Waals surface area contributed by atoms with Crippen molar-refractivity contribution in [2.75, 3.05) is 19.7 Å². The van der Waals surface area contributed by atoms with Gasteiger partial charge in [0, 0.05) is 13.1 Å². The number of nitrogens with one attached hydrogen (secondary N) is 1. The molecule has 19 heavy (non-hydrogen) atoms. The zero-order valence-electron chi connectivity index (χ0n) is 12.9. The number of aliphatic hydroxyl groups is 2. The van der Waals surface area contributed by atoms with Gasteiger partial charge in [0.1, 0.15) is 0 Å². The van der Waals surface area contributed by atoms with Gasteiger partial charge in [-0.2, -0.15) is 0 Å². The summed E-state index contributed by atoms with van der Waals surface area (Å²) in [6, 6.07) is 0. The van der Waals surface area contributed by atoms with Crippen molar-refractivity contribution >= 4 is 0 Å². The fourth-order valence-electron chi connectivity index (χ4n) is 2.35. The van der Waals surface area contributed by atoms with Crippen LogP contribution in [0.15, 0.2) is 0 Å². The highest BCUT2D eigenvalue weighted by Crippen LogP contribution is 2.31. The number of hydrogen-bond donors (Lipinski definition) is 3. The molecule has 114 valence electrons. The fourth-order valence-corrected chi connectivity index (χ4v) is 2.35. The van der Waals surface area contributed by atoms with Crippen LogP contribution in [0.25, 0.3) is 0 Å². The normalized spacial score (nSPS) is 30.3. The first-order valence-corrected chi connectivity index (χ1v) is 7.45. The van der Waals surface area contributed by atoms with Crippen LogP contribution in [0.5, 0.6) is 0 Å². The summed E-state index contributed by atoms with van der Waals surface area (Å²) in [5.41, 5.74) is -0.810. The van der Waals surface area contributed by atoms with E-state index in [0.717, 1.165) is 31.6 Å². The van der Waals surface area contributed by atoms with Gasteiger partial charge in [-0.3, -0.25) is 0 Å². The molecule has 0 aromatic carbocycles. The molecule has 0 saturated heterocycles. The molecular weight excluding hydrogens is 242 g/mol. The van der Waals surface area contributed by atoms with Crippen LogP contribution in [0.2, 0.25) is 0 Å². The van der Waals surface area contributed by atoms with Crippen molar-refractivity contribution in [3.8, 4) is 0 Å². The molecular formula is C15H31NO3. The Hall–Kier alpha value is -0.160. The van der Waals surface area contributed by atoms with Gasteiger partial charge in [0.25, 0.3) is 0 Å². The van der Waals surface area contributed by atoms with E-state index >= 15 is 0 Å².